The molecule has 1 saturated carbocycles. The highest BCUT2D eigenvalue weighted by Crippen LogP contribution is 2.47. The zero-order valence-corrected chi connectivity index (χ0v) is 13.1. The average Bonchev–Trinajstić information content (AvgIpc) is 3.22. The Morgan fingerprint density at radius 2 is 2.05 bits per heavy atom. The quantitative estimate of drug-likeness (QED) is 0.892. The number of anilines is 1. The number of thiazole rings is 1. The van der Waals surface area contributed by atoms with Gasteiger partial charge in [-0.15, -0.1) is 11.3 Å². The molecule has 0 spiro atoms. The first-order valence-electron chi connectivity index (χ1n) is 6.58. The van der Waals surface area contributed by atoms with E-state index in [2.05, 4.69) is 15.9 Å². The van der Waals surface area contributed by atoms with Crippen molar-refractivity contribution in [3.05, 3.63) is 21.6 Å². The Kier molecular flexibility index (Phi) is 2.89. The Hall–Kier alpha value is -1.27. The Balaban J connectivity index is 1.79. The number of nitrogen functional groups attached to an aromatic ring is 1. The minimum absolute atomic E-state index is 0.572. The molecule has 2 N–H and O–H groups in total. The van der Waals surface area contributed by atoms with Crippen LogP contribution in [0.5, 0.6) is 11.5 Å². The molecule has 0 amide bonds. The molecule has 4 rings (SSSR count). The molecular weight excluding hydrogens is 340 g/mol. The van der Waals surface area contributed by atoms with Crippen molar-refractivity contribution >= 4 is 32.3 Å². The van der Waals surface area contributed by atoms with Crippen LogP contribution in [0.25, 0.3) is 11.3 Å². The van der Waals surface area contributed by atoms with Gasteiger partial charge in [-0.25, -0.2) is 4.98 Å². The van der Waals surface area contributed by atoms with Crippen molar-refractivity contribution in [2.45, 2.75) is 18.8 Å². The van der Waals surface area contributed by atoms with Crippen LogP contribution in [-0.4, -0.2) is 18.2 Å². The van der Waals surface area contributed by atoms with Gasteiger partial charge in [0.25, 0.3) is 0 Å². The molecular formula is C14H13BrN2O2S. The molecule has 6 heteroatoms. The number of benzene rings is 1. The van der Waals surface area contributed by atoms with Crippen LogP contribution in [0.2, 0.25) is 0 Å². The van der Waals surface area contributed by atoms with Gasteiger partial charge in [-0.1, -0.05) is 0 Å². The second-order valence-corrected chi connectivity index (χ2v) is 6.94. The Bertz CT molecular complexity index is 682. The lowest BCUT2D eigenvalue weighted by atomic mass is 10.1. The molecule has 0 saturated heterocycles. The molecule has 0 unspecified atom stereocenters. The van der Waals surface area contributed by atoms with Crippen molar-refractivity contribution < 1.29 is 9.47 Å². The van der Waals surface area contributed by atoms with E-state index in [1.807, 2.05) is 12.1 Å². The number of fused-ring (bicyclic) bond motifs is 1. The van der Waals surface area contributed by atoms with E-state index in [1.165, 1.54) is 12.8 Å². The summed E-state index contributed by atoms with van der Waals surface area (Å²) in [6, 6.07) is 3.96. The van der Waals surface area contributed by atoms with E-state index in [0.29, 0.717) is 19.1 Å². The molecule has 1 aliphatic heterocycles. The van der Waals surface area contributed by atoms with E-state index in [1.54, 1.807) is 11.3 Å². The number of aromatic nitrogens is 1. The molecule has 2 aromatic rings. The summed E-state index contributed by atoms with van der Waals surface area (Å²) in [6.07, 6.45) is 2.47. The van der Waals surface area contributed by atoms with Gasteiger partial charge in [-0.3, -0.25) is 0 Å². The van der Waals surface area contributed by atoms with E-state index in [9.17, 15) is 0 Å². The van der Waals surface area contributed by atoms with Gasteiger partial charge in [0.15, 0.2) is 11.5 Å². The van der Waals surface area contributed by atoms with Crippen molar-refractivity contribution in [1.29, 1.82) is 0 Å². The third-order valence-electron chi connectivity index (χ3n) is 3.47. The topological polar surface area (TPSA) is 57.4 Å². The van der Waals surface area contributed by atoms with Gasteiger partial charge in [-0.05, 0) is 40.9 Å². The smallest absolute Gasteiger partial charge is 0.175 e. The maximum atomic E-state index is 6.13. The fourth-order valence-electron chi connectivity index (χ4n) is 2.31. The van der Waals surface area contributed by atoms with Gasteiger partial charge < -0.3 is 15.2 Å². The van der Waals surface area contributed by atoms with E-state index in [4.69, 9.17) is 20.2 Å². The van der Waals surface area contributed by atoms with E-state index < -0.39 is 0 Å². The normalized spacial score (nSPS) is 17.2. The first kappa shape index (κ1) is 12.5. The highest BCUT2D eigenvalue weighted by molar-refractivity contribution is 9.10. The summed E-state index contributed by atoms with van der Waals surface area (Å²) in [7, 11) is 0. The van der Waals surface area contributed by atoms with Crippen LogP contribution in [0.15, 0.2) is 16.6 Å². The summed E-state index contributed by atoms with van der Waals surface area (Å²) < 4.78 is 12.1. The maximum absolute atomic E-state index is 6.13. The molecule has 2 heterocycles. The van der Waals surface area contributed by atoms with Gasteiger partial charge in [0.05, 0.1) is 9.48 Å². The lowest BCUT2D eigenvalue weighted by Crippen LogP contribution is -2.15. The molecule has 1 aromatic heterocycles. The highest BCUT2D eigenvalue weighted by atomic mass is 79.9. The molecule has 4 nitrogen and oxygen atoms in total. The van der Waals surface area contributed by atoms with Crippen LogP contribution < -0.4 is 15.2 Å². The summed E-state index contributed by atoms with van der Waals surface area (Å²) in [4.78, 5) is 4.71. The number of nitrogens with two attached hydrogens (primary N) is 1. The minimum Gasteiger partial charge on any atom is -0.486 e. The fraction of sp³-hybridized carbons (Fsp3) is 0.357. The lowest BCUT2D eigenvalue weighted by Gasteiger charge is -2.20. The number of hydrogen-bond acceptors (Lipinski definition) is 5. The molecule has 104 valence electrons. The molecule has 0 radical (unpaired) electrons. The largest absolute Gasteiger partial charge is 0.486 e. The molecule has 20 heavy (non-hydrogen) atoms. The molecule has 1 aliphatic carbocycles. The van der Waals surface area contributed by atoms with Crippen LogP contribution in [0.1, 0.15) is 23.8 Å². The van der Waals surface area contributed by atoms with Gasteiger partial charge >= 0.3 is 0 Å². The van der Waals surface area contributed by atoms with Crippen LogP contribution in [0.4, 0.5) is 5.00 Å². The minimum atomic E-state index is 0.572. The van der Waals surface area contributed by atoms with Gasteiger partial charge in [0, 0.05) is 11.5 Å². The second kappa shape index (κ2) is 4.63. The lowest BCUT2D eigenvalue weighted by molar-refractivity contribution is 0.170. The van der Waals surface area contributed by atoms with E-state index in [0.717, 1.165) is 37.2 Å². The van der Waals surface area contributed by atoms with E-state index in [-0.39, 0.29) is 0 Å². The fourth-order valence-corrected chi connectivity index (χ4v) is 3.89. The third kappa shape index (κ3) is 2.07. The Morgan fingerprint density at radius 3 is 2.85 bits per heavy atom. The summed E-state index contributed by atoms with van der Waals surface area (Å²) in [5.74, 6) is 2.13. The molecule has 1 aromatic carbocycles. The standard InChI is InChI=1S/C14H13BrN2O2S/c15-9-5-8(6-10-12(9)19-4-3-18-10)11-13(16)20-14(17-11)7-1-2-7/h5-7H,1-4,16H2. The van der Waals surface area contributed by atoms with Crippen molar-refractivity contribution in [2.75, 3.05) is 18.9 Å². The summed E-state index contributed by atoms with van der Waals surface area (Å²) in [5.41, 5.74) is 7.96. The molecule has 1 fully saturated rings. The Morgan fingerprint density at radius 1 is 1.25 bits per heavy atom. The predicted molar refractivity (Wildman–Crippen MR) is 82.6 cm³/mol. The monoisotopic (exact) mass is 352 g/mol. The zero-order chi connectivity index (χ0) is 13.7. The van der Waals surface area contributed by atoms with Gasteiger partial charge in [0.2, 0.25) is 0 Å². The number of hydrogen-bond donors (Lipinski definition) is 1. The van der Waals surface area contributed by atoms with Crippen LogP contribution in [-0.2, 0) is 0 Å². The van der Waals surface area contributed by atoms with Crippen LogP contribution in [0, 0.1) is 0 Å². The van der Waals surface area contributed by atoms with E-state index >= 15 is 0 Å². The van der Waals surface area contributed by atoms with Crippen molar-refractivity contribution in [3.8, 4) is 22.8 Å². The SMILES string of the molecule is Nc1sc(C2CC2)nc1-c1cc(Br)c2c(c1)OCCO2. The van der Waals surface area contributed by atoms with Gasteiger partial charge in [0.1, 0.15) is 23.9 Å². The number of rotatable bonds is 2. The summed E-state index contributed by atoms with van der Waals surface area (Å²) in [6.45, 7) is 1.15. The maximum Gasteiger partial charge on any atom is 0.175 e. The first-order chi connectivity index (χ1) is 9.72. The third-order valence-corrected chi connectivity index (χ3v) is 5.10. The highest BCUT2D eigenvalue weighted by Gasteiger charge is 2.28. The second-order valence-electron chi connectivity index (χ2n) is 5.02. The van der Waals surface area contributed by atoms with Crippen molar-refractivity contribution in [2.24, 2.45) is 0 Å². The zero-order valence-electron chi connectivity index (χ0n) is 10.7. The predicted octanol–water partition coefficient (Wildman–Crippen LogP) is 3.80. The Labute approximate surface area is 129 Å². The number of halogens is 1. The molecule has 0 atom stereocenters. The summed E-state index contributed by atoms with van der Waals surface area (Å²) in [5, 5.41) is 1.93. The van der Waals surface area contributed by atoms with Crippen LogP contribution >= 0.6 is 27.3 Å². The molecule has 2 aliphatic rings. The number of ether oxygens (including phenoxy) is 2. The van der Waals surface area contributed by atoms with Crippen LogP contribution in [0.3, 0.4) is 0 Å². The van der Waals surface area contributed by atoms with Crippen molar-refractivity contribution in [3.63, 3.8) is 0 Å². The number of nitrogens with zero attached hydrogens (tertiary/aromatic N) is 1. The van der Waals surface area contributed by atoms with Gasteiger partial charge in [-0.2, -0.15) is 0 Å². The molecule has 0 bridgehead atoms. The summed E-state index contributed by atoms with van der Waals surface area (Å²) >= 11 is 5.13. The first-order valence-corrected chi connectivity index (χ1v) is 8.19. The average molecular weight is 353 g/mol. The van der Waals surface area contributed by atoms with Crippen molar-refractivity contribution in [1.82, 2.24) is 4.98 Å².